The number of benzene rings is 1. The number of methoxy groups -OCH3 is 3. The Kier molecular flexibility index (Phi) is 18.6. The van der Waals surface area contributed by atoms with E-state index in [9.17, 15) is 24.0 Å². The van der Waals surface area contributed by atoms with Gasteiger partial charge >= 0.3 is 0 Å². The summed E-state index contributed by atoms with van der Waals surface area (Å²) in [6, 6.07) is 3.89. The van der Waals surface area contributed by atoms with Crippen molar-refractivity contribution < 1.29 is 48.1 Å². The zero-order chi connectivity index (χ0) is 34.7. The minimum absolute atomic E-state index is 0.0862. The van der Waals surface area contributed by atoms with Gasteiger partial charge < -0.3 is 35.3 Å². The molecule has 1 unspecified atom stereocenters. The fraction of sp³-hybridized carbons (Fsp3) is 0.438. The fourth-order valence-electron chi connectivity index (χ4n) is 3.76. The SMILES string of the molecule is C=C(/C=C(CC(=O)NCC(=O)CNC(=O)C(NC(=O)Cc1cc(C(C)=O)ccc1OC)C(C)C)\C(=C/C)OC)OC.CC(=O)O. The summed E-state index contributed by atoms with van der Waals surface area (Å²) < 4.78 is 15.6. The van der Waals surface area contributed by atoms with Crippen LogP contribution in [0.1, 0.15) is 57.0 Å². The second kappa shape index (κ2) is 20.9. The van der Waals surface area contributed by atoms with Gasteiger partial charge in [0, 0.05) is 23.6 Å². The summed E-state index contributed by atoms with van der Waals surface area (Å²) in [4.78, 5) is 71.2. The van der Waals surface area contributed by atoms with Crippen LogP contribution < -0.4 is 20.7 Å². The number of ketones is 2. The van der Waals surface area contributed by atoms with E-state index in [-0.39, 0.29) is 37.6 Å². The van der Waals surface area contributed by atoms with Crippen LogP contribution in [-0.4, -0.2) is 80.8 Å². The molecule has 0 aliphatic carbocycles. The number of rotatable bonds is 17. The summed E-state index contributed by atoms with van der Waals surface area (Å²) in [5, 5.41) is 15.2. The Balaban J connectivity index is 0.00000454. The number of carboxylic acid groups (broad SMARTS) is 1. The molecule has 0 saturated heterocycles. The number of hydrogen-bond donors (Lipinski definition) is 4. The van der Waals surface area contributed by atoms with E-state index in [2.05, 4.69) is 22.5 Å². The van der Waals surface area contributed by atoms with Crippen LogP contribution in [0.25, 0.3) is 0 Å². The summed E-state index contributed by atoms with van der Waals surface area (Å²) in [5.74, 6) is -1.90. The lowest BCUT2D eigenvalue weighted by Crippen LogP contribution is -2.51. The lowest BCUT2D eigenvalue weighted by atomic mass is 10.0. The molecule has 1 atom stereocenters. The van der Waals surface area contributed by atoms with Crippen LogP contribution >= 0.6 is 0 Å². The van der Waals surface area contributed by atoms with Crippen molar-refractivity contribution >= 4 is 35.3 Å². The summed E-state index contributed by atoms with van der Waals surface area (Å²) in [6.07, 6.45) is 3.05. The number of Topliss-reactive ketones (excluding diaryl/α,β-unsaturated/α-hetero) is 2. The van der Waals surface area contributed by atoms with Crippen molar-refractivity contribution in [2.24, 2.45) is 5.92 Å². The summed E-state index contributed by atoms with van der Waals surface area (Å²) in [5.41, 5.74) is 1.45. The molecule has 0 heterocycles. The molecule has 3 amide bonds. The lowest BCUT2D eigenvalue weighted by Gasteiger charge is -2.22. The van der Waals surface area contributed by atoms with Gasteiger partial charge in [-0.3, -0.25) is 28.8 Å². The number of carboxylic acids is 1. The second-order valence-electron chi connectivity index (χ2n) is 9.97. The van der Waals surface area contributed by atoms with Crippen LogP contribution in [0.15, 0.2) is 54.0 Å². The maximum absolute atomic E-state index is 12.8. The highest BCUT2D eigenvalue weighted by Crippen LogP contribution is 2.21. The molecular weight excluding hydrogens is 586 g/mol. The van der Waals surface area contributed by atoms with Crippen molar-refractivity contribution in [2.45, 2.75) is 53.5 Å². The molecule has 0 aromatic heterocycles. The smallest absolute Gasteiger partial charge is 0.300 e. The number of carbonyl (C=O) groups is 6. The Morgan fingerprint density at radius 2 is 1.56 bits per heavy atom. The molecule has 0 radical (unpaired) electrons. The quantitative estimate of drug-likeness (QED) is 0.113. The summed E-state index contributed by atoms with van der Waals surface area (Å²) in [6.45, 7) is 10.8. The van der Waals surface area contributed by atoms with Gasteiger partial charge in [0.1, 0.15) is 23.3 Å². The number of ether oxygens (including phenoxy) is 3. The second-order valence-corrected chi connectivity index (χ2v) is 9.97. The fourth-order valence-corrected chi connectivity index (χ4v) is 3.76. The van der Waals surface area contributed by atoms with Crippen LogP contribution in [0.3, 0.4) is 0 Å². The Bertz CT molecular complexity index is 1290. The first-order valence-electron chi connectivity index (χ1n) is 14.0. The third-order valence-corrected chi connectivity index (χ3v) is 5.99. The van der Waals surface area contributed by atoms with Crippen LogP contribution in [0, 0.1) is 5.92 Å². The summed E-state index contributed by atoms with van der Waals surface area (Å²) >= 11 is 0. The molecule has 1 aromatic carbocycles. The number of amides is 3. The molecule has 0 saturated carbocycles. The van der Waals surface area contributed by atoms with Crippen molar-refractivity contribution in [1.29, 1.82) is 0 Å². The maximum atomic E-state index is 12.8. The number of aliphatic carboxylic acids is 1. The topological polar surface area (TPSA) is 186 Å². The van der Waals surface area contributed by atoms with Gasteiger partial charge in [0.05, 0.1) is 47.3 Å². The van der Waals surface area contributed by atoms with E-state index >= 15 is 0 Å². The van der Waals surface area contributed by atoms with Gasteiger partial charge in [-0.15, -0.1) is 0 Å². The first-order valence-corrected chi connectivity index (χ1v) is 14.0. The number of carbonyl (C=O) groups excluding carboxylic acids is 5. The van der Waals surface area contributed by atoms with Gasteiger partial charge in [0.25, 0.3) is 5.97 Å². The molecular formula is C32H45N3O10. The highest BCUT2D eigenvalue weighted by atomic mass is 16.5. The third kappa shape index (κ3) is 15.9. The Morgan fingerprint density at radius 3 is 2.04 bits per heavy atom. The van der Waals surface area contributed by atoms with E-state index in [4.69, 9.17) is 24.1 Å². The van der Waals surface area contributed by atoms with Gasteiger partial charge in [-0.2, -0.15) is 0 Å². The number of hydrogen-bond acceptors (Lipinski definition) is 9. The van der Waals surface area contributed by atoms with Crippen LogP contribution in [0.4, 0.5) is 0 Å². The molecule has 248 valence electrons. The van der Waals surface area contributed by atoms with Gasteiger partial charge in [-0.25, -0.2) is 0 Å². The highest BCUT2D eigenvalue weighted by molar-refractivity contribution is 5.95. The average Bonchev–Trinajstić information content (AvgIpc) is 2.97. The molecule has 13 heteroatoms. The van der Waals surface area contributed by atoms with Crippen molar-refractivity contribution in [1.82, 2.24) is 16.0 Å². The van der Waals surface area contributed by atoms with Crippen LogP contribution in [-0.2, 0) is 39.9 Å². The van der Waals surface area contributed by atoms with Gasteiger partial charge in [-0.05, 0) is 50.1 Å². The molecule has 1 aromatic rings. The predicted octanol–water partition coefficient (Wildman–Crippen LogP) is 2.50. The molecule has 0 aliphatic rings. The maximum Gasteiger partial charge on any atom is 0.300 e. The van der Waals surface area contributed by atoms with E-state index < -0.39 is 35.5 Å². The van der Waals surface area contributed by atoms with E-state index in [0.29, 0.717) is 34.0 Å². The monoisotopic (exact) mass is 631 g/mol. The van der Waals surface area contributed by atoms with Gasteiger partial charge in [0.2, 0.25) is 17.7 Å². The largest absolute Gasteiger partial charge is 0.497 e. The average molecular weight is 632 g/mol. The zero-order valence-electron chi connectivity index (χ0n) is 27.2. The summed E-state index contributed by atoms with van der Waals surface area (Å²) in [7, 11) is 4.38. The molecule has 45 heavy (non-hydrogen) atoms. The first kappa shape index (κ1) is 40.1. The van der Waals surface area contributed by atoms with Gasteiger partial charge in [0.15, 0.2) is 11.6 Å². The molecule has 1 rings (SSSR count). The van der Waals surface area contributed by atoms with Crippen molar-refractivity contribution in [3.8, 4) is 5.75 Å². The Labute approximate surface area is 264 Å². The number of nitrogens with one attached hydrogen (secondary N) is 3. The minimum Gasteiger partial charge on any atom is -0.497 e. The van der Waals surface area contributed by atoms with Crippen molar-refractivity contribution in [3.63, 3.8) is 0 Å². The van der Waals surface area contributed by atoms with E-state index in [1.165, 1.54) is 28.3 Å². The minimum atomic E-state index is -0.915. The number of allylic oxidation sites excluding steroid dienone is 3. The Morgan fingerprint density at radius 1 is 0.956 bits per heavy atom. The highest BCUT2D eigenvalue weighted by Gasteiger charge is 2.25. The molecule has 13 nitrogen and oxygen atoms in total. The van der Waals surface area contributed by atoms with Crippen LogP contribution in [0.5, 0.6) is 5.75 Å². The van der Waals surface area contributed by atoms with Crippen molar-refractivity contribution in [3.05, 3.63) is 65.1 Å². The zero-order valence-corrected chi connectivity index (χ0v) is 27.2. The third-order valence-electron chi connectivity index (χ3n) is 5.99. The van der Waals surface area contributed by atoms with E-state index in [1.54, 1.807) is 51.1 Å². The first-order chi connectivity index (χ1) is 21.1. The normalized spacial score (nSPS) is 11.7. The molecule has 0 bridgehead atoms. The molecule has 4 N–H and O–H groups in total. The van der Waals surface area contributed by atoms with Crippen molar-refractivity contribution in [2.75, 3.05) is 34.4 Å². The predicted molar refractivity (Wildman–Crippen MR) is 167 cm³/mol. The molecule has 0 aliphatic heterocycles. The standard InChI is InChI=1S/C30H41N3O8.C2H4O2/c1-9-25(40-7)22(12-19(4)39-6)14-27(36)31-16-24(35)17-32-30(38)29(18(2)3)33-28(37)15-23-13-21(20(5)34)10-11-26(23)41-8;1-2(3)4/h9-13,18,29H,4,14-17H2,1-3,5-8H3,(H,31,36)(H,32,38)(H,33,37);1H3,(H,3,4)/b22-12-,25-9+;. The van der Waals surface area contributed by atoms with Gasteiger partial charge in [-0.1, -0.05) is 20.4 Å². The Hall–Kier alpha value is -4.94. The lowest BCUT2D eigenvalue weighted by molar-refractivity contribution is -0.134. The van der Waals surface area contributed by atoms with E-state index in [1.807, 2.05) is 0 Å². The molecule has 0 spiro atoms. The molecule has 0 fully saturated rings. The van der Waals surface area contributed by atoms with E-state index in [0.717, 1.165) is 6.92 Å². The van der Waals surface area contributed by atoms with Crippen LogP contribution in [0.2, 0.25) is 0 Å².